The van der Waals surface area contributed by atoms with Gasteiger partial charge < -0.3 is 5.73 Å². The normalized spacial score (nSPS) is 14.8. The number of nitrogens with two attached hydrogens (primary N) is 1. The Kier molecular flexibility index (Phi) is 2.49. The molecule has 0 unspecified atom stereocenters. The molecule has 0 spiro atoms. The summed E-state index contributed by atoms with van der Waals surface area (Å²) in [6.07, 6.45) is 2.40. The van der Waals surface area contributed by atoms with Crippen molar-refractivity contribution < 1.29 is 0 Å². The van der Waals surface area contributed by atoms with E-state index in [0.717, 1.165) is 12.2 Å². The molecule has 2 N–H and O–H groups in total. The maximum Gasteiger partial charge on any atom is 0.169 e. The average Bonchev–Trinajstić information content (AvgIpc) is 3.24. The number of anilines is 1. The highest BCUT2D eigenvalue weighted by Crippen LogP contribution is 2.42. The minimum atomic E-state index is 0.556. The predicted octanol–water partition coefficient (Wildman–Crippen LogP) is 2.94. The van der Waals surface area contributed by atoms with Crippen LogP contribution in [0.15, 0.2) is 42.5 Å². The van der Waals surface area contributed by atoms with Gasteiger partial charge in [0.1, 0.15) is 0 Å². The monoisotopic (exact) mass is 264 g/mol. The van der Waals surface area contributed by atoms with E-state index < -0.39 is 0 Å². The van der Waals surface area contributed by atoms with Gasteiger partial charge in [0.25, 0.3) is 0 Å². The van der Waals surface area contributed by atoms with Gasteiger partial charge in [0.05, 0.1) is 12.2 Å². The van der Waals surface area contributed by atoms with Gasteiger partial charge >= 0.3 is 0 Å². The number of hydrogen-bond acceptors (Lipinski definition) is 3. The lowest BCUT2D eigenvalue weighted by atomic mass is 10.0. The molecule has 4 heteroatoms. The summed E-state index contributed by atoms with van der Waals surface area (Å²) in [6, 6.07) is 14.8. The van der Waals surface area contributed by atoms with Crippen LogP contribution in [-0.2, 0) is 6.54 Å². The van der Waals surface area contributed by atoms with E-state index in [-0.39, 0.29) is 0 Å². The second-order valence-electron chi connectivity index (χ2n) is 5.43. The molecule has 4 rings (SSSR count). The molecule has 0 aliphatic heterocycles. The van der Waals surface area contributed by atoms with Crippen LogP contribution in [0.1, 0.15) is 30.0 Å². The Morgan fingerprint density at radius 2 is 1.90 bits per heavy atom. The molecule has 1 aliphatic carbocycles. The van der Waals surface area contributed by atoms with Gasteiger partial charge in [-0.2, -0.15) is 0 Å². The molecular formula is C16H16N4. The highest BCUT2D eigenvalue weighted by atomic mass is 15.4. The number of fused-ring (bicyclic) bond motifs is 1. The van der Waals surface area contributed by atoms with Gasteiger partial charge in [-0.1, -0.05) is 47.7 Å². The van der Waals surface area contributed by atoms with E-state index in [1.807, 2.05) is 4.68 Å². The van der Waals surface area contributed by atoms with Gasteiger partial charge in [-0.05, 0) is 29.2 Å². The molecular weight excluding hydrogens is 248 g/mol. The molecule has 0 atom stereocenters. The van der Waals surface area contributed by atoms with Crippen molar-refractivity contribution >= 4 is 16.6 Å². The first-order valence-corrected chi connectivity index (χ1v) is 6.98. The zero-order valence-electron chi connectivity index (χ0n) is 11.2. The van der Waals surface area contributed by atoms with Crippen LogP contribution in [0.2, 0.25) is 0 Å². The van der Waals surface area contributed by atoms with Crippen molar-refractivity contribution in [3.05, 3.63) is 53.7 Å². The molecule has 1 fully saturated rings. The van der Waals surface area contributed by atoms with E-state index in [2.05, 4.69) is 52.8 Å². The van der Waals surface area contributed by atoms with Crippen molar-refractivity contribution in [1.29, 1.82) is 0 Å². The Balaban J connectivity index is 1.78. The summed E-state index contributed by atoms with van der Waals surface area (Å²) < 4.78 is 1.97. The number of nitrogen functional groups attached to an aromatic ring is 1. The number of nitrogens with zero attached hydrogens (tertiary/aromatic N) is 3. The van der Waals surface area contributed by atoms with Crippen molar-refractivity contribution in [2.75, 3.05) is 5.73 Å². The Hall–Kier alpha value is -2.36. The van der Waals surface area contributed by atoms with Crippen molar-refractivity contribution in [3.8, 4) is 0 Å². The second kappa shape index (κ2) is 4.34. The lowest BCUT2D eigenvalue weighted by Crippen LogP contribution is -2.07. The first-order chi connectivity index (χ1) is 9.83. The maximum absolute atomic E-state index is 5.95. The van der Waals surface area contributed by atoms with E-state index in [1.165, 1.54) is 29.2 Å². The van der Waals surface area contributed by atoms with Crippen LogP contribution in [0.4, 0.5) is 5.82 Å². The highest BCUT2D eigenvalue weighted by Gasteiger charge is 2.30. The third-order valence-electron chi connectivity index (χ3n) is 3.97. The molecule has 0 saturated heterocycles. The van der Waals surface area contributed by atoms with Crippen LogP contribution >= 0.6 is 0 Å². The van der Waals surface area contributed by atoms with Gasteiger partial charge in [-0.15, -0.1) is 5.10 Å². The first-order valence-electron chi connectivity index (χ1n) is 6.98. The van der Waals surface area contributed by atoms with Crippen LogP contribution in [0, 0.1) is 0 Å². The Morgan fingerprint density at radius 3 is 2.75 bits per heavy atom. The van der Waals surface area contributed by atoms with E-state index in [9.17, 15) is 0 Å². The summed E-state index contributed by atoms with van der Waals surface area (Å²) in [6.45, 7) is 0.734. The summed E-state index contributed by atoms with van der Waals surface area (Å²) in [4.78, 5) is 0. The van der Waals surface area contributed by atoms with E-state index in [4.69, 9.17) is 5.73 Å². The van der Waals surface area contributed by atoms with Crippen molar-refractivity contribution in [2.45, 2.75) is 25.3 Å². The molecule has 1 aliphatic rings. The minimum absolute atomic E-state index is 0.556. The van der Waals surface area contributed by atoms with Gasteiger partial charge in [-0.3, -0.25) is 0 Å². The maximum atomic E-state index is 5.95. The molecule has 1 heterocycles. The third kappa shape index (κ3) is 1.84. The summed E-state index contributed by atoms with van der Waals surface area (Å²) in [5.74, 6) is 1.15. The fraction of sp³-hybridized carbons (Fsp3) is 0.250. The fourth-order valence-electron chi connectivity index (χ4n) is 2.82. The molecule has 0 bridgehead atoms. The molecule has 2 aromatic carbocycles. The summed E-state index contributed by atoms with van der Waals surface area (Å²) in [5.41, 5.74) is 8.32. The largest absolute Gasteiger partial charge is 0.381 e. The van der Waals surface area contributed by atoms with Crippen molar-refractivity contribution in [3.63, 3.8) is 0 Å². The Bertz CT molecular complexity index is 766. The van der Waals surface area contributed by atoms with Gasteiger partial charge in [-0.25, -0.2) is 4.68 Å². The van der Waals surface area contributed by atoms with Crippen LogP contribution in [-0.4, -0.2) is 15.0 Å². The molecule has 100 valence electrons. The lowest BCUT2D eigenvalue weighted by Gasteiger charge is -2.09. The quantitative estimate of drug-likeness (QED) is 0.791. The van der Waals surface area contributed by atoms with Crippen LogP contribution < -0.4 is 5.73 Å². The number of benzene rings is 2. The van der Waals surface area contributed by atoms with E-state index in [0.29, 0.717) is 11.7 Å². The highest BCUT2D eigenvalue weighted by molar-refractivity contribution is 5.85. The zero-order valence-corrected chi connectivity index (χ0v) is 11.2. The van der Waals surface area contributed by atoms with Gasteiger partial charge in [0.15, 0.2) is 5.82 Å². The van der Waals surface area contributed by atoms with E-state index >= 15 is 0 Å². The summed E-state index contributed by atoms with van der Waals surface area (Å²) in [7, 11) is 0. The third-order valence-corrected chi connectivity index (χ3v) is 3.97. The number of aromatic nitrogens is 3. The summed E-state index contributed by atoms with van der Waals surface area (Å²) in [5, 5.41) is 10.8. The topological polar surface area (TPSA) is 56.7 Å². The molecule has 3 aromatic rings. The molecule has 0 amide bonds. The van der Waals surface area contributed by atoms with Crippen molar-refractivity contribution in [2.24, 2.45) is 0 Å². The van der Waals surface area contributed by atoms with Crippen LogP contribution in [0.25, 0.3) is 10.8 Å². The SMILES string of the molecule is Nc1nnn(Cc2cccc3ccccc23)c1C1CC1. The van der Waals surface area contributed by atoms with Crippen LogP contribution in [0.5, 0.6) is 0 Å². The predicted molar refractivity (Wildman–Crippen MR) is 79.5 cm³/mol. The van der Waals surface area contributed by atoms with E-state index in [1.54, 1.807) is 0 Å². The molecule has 1 aromatic heterocycles. The summed E-state index contributed by atoms with van der Waals surface area (Å²) >= 11 is 0. The van der Waals surface area contributed by atoms with Crippen molar-refractivity contribution in [1.82, 2.24) is 15.0 Å². The molecule has 20 heavy (non-hydrogen) atoms. The smallest absolute Gasteiger partial charge is 0.169 e. The molecule has 1 saturated carbocycles. The molecule has 4 nitrogen and oxygen atoms in total. The Morgan fingerprint density at radius 1 is 1.10 bits per heavy atom. The fourth-order valence-corrected chi connectivity index (χ4v) is 2.82. The standard InChI is InChI=1S/C16H16N4/c17-16-15(12-8-9-12)20(19-18-16)10-13-6-3-5-11-4-1-2-7-14(11)13/h1-7,12H,8-10,17H2. The molecule has 0 radical (unpaired) electrons. The van der Waals surface area contributed by atoms with Gasteiger partial charge in [0.2, 0.25) is 0 Å². The van der Waals surface area contributed by atoms with Crippen LogP contribution in [0.3, 0.4) is 0 Å². The average molecular weight is 264 g/mol. The lowest BCUT2D eigenvalue weighted by molar-refractivity contribution is 0.622. The second-order valence-corrected chi connectivity index (χ2v) is 5.43. The number of rotatable bonds is 3. The Labute approximate surface area is 117 Å². The number of hydrogen-bond donors (Lipinski definition) is 1. The van der Waals surface area contributed by atoms with Gasteiger partial charge in [0, 0.05) is 5.92 Å². The first kappa shape index (κ1) is 11.5. The minimum Gasteiger partial charge on any atom is -0.381 e. The zero-order chi connectivity index (χ0) is 13.5.